The first-order valence-corrected chi connectivity index (χ1v) is 9.49. The van der Waals surface area contributed by atoms with Crippen LogP contribution >= 0.6 is 15.9 Å². The van der Waals surface area contributed by atoms with Crippen molar-refractivity contribution in [2.24, 2.45) is 17.3 Å². The second-order valence-electron chi connectivity index (χ2n) is 6.92. The predicted octanol–water partition coefficient (Wildman–Crippen LogP) is 6.33. The summed E-state index contributed by atoms with van der Waals surface area (Å²) in [5, 5.41) is 1.27. The molecule has 0 nitrogen and oxygen atoms in total. The molecule has 0 radical (unpaired) electrons. The van der Waals surface area contributed by atoms with E-state index >= 15 is 0 Å². The highest BCUT2D eigenvalue weighted by atomic mass is 79.9. The maximum absolute atomic E-state index is 3.88. The Morgan fingerprint density at radius 2 is 1.67 bits per heavy atom. The van der Waals surface area contributed by atoms with Gasteiger partial charge in [0.1, 0.15) is 0 Å². The molecule has 0 spiro atoms. The van der Waals surface area contributed by atoms with Gasteiger partial charge in [-0.3, -0.25) is 0 Å². The minimum atomic E-state index is 0.684. The Balaban J connectivity index is 1.86. The van der Waals surface area contributed by atoms with Crippen LogP contribution in [0.4, 0.5) is 0 Å². The van der Waals surface area contributed by atoms with E-state index in [4.69, 9.17) is 0 Å². The minimum absolute atomic E-state index is 0.684. The van der Waals surface area contributed by atoms with Crippen molar-refractivity contribution in [2.45, 2.75) is 84.0 Å². The van der Waals surface area contributed by atoms with E-state index in [0.717, 1.165) is 11.8 Å². The molecule has 0 heterocycles. The number of hydrogen-bond acceptors (Lipinski definition) is 0. The number of hydrogen-bond donors (Lipinski definition) is 0. The number of unbranched alkanes of at least 4 members (excludes halogenated alkanes) is 1. The lowest BCUT2D eigenvalue weighted by Crippen LogP contribution is -2.37. The van der Waals surface area contributed by atoms with Crippen LogP contribution in [0.5, 0.6) is 0 Å². The quantitative estimate of drug-likeness (QED) is 0.520. The van der Waals surface area contributed by atoms with Gasteiger partial charge in [-0.1, -0.05) is 61.4 Å². The molecule has 18 heavy (non-hydrogen) atoms. The maximum Gasteiger partial charge on any atom is 0.00906 e. The predicted molar refractivity (Wildman–Crippen MR) is 84.3 cm³/mol. The van der Waals surface area contributed by atoms with Crippen LogP contribution in [0.3, 0.4) is 0 Å². The highest BCUT2D eigenvalue weighted by molar-refractivity contribution is 9.09. The lowest BCUT2D eigenvalue weighted by molar-refractivity contribution is 0.0706. The molecule has 0 unspecified atom stereocenters. The Hall–Kier alpha value is 0.480. The molecule has 0 bridgehead atoms. The SMILES string of the molecule is CCCCC1CCC(CBr)(C2CCCCC2)CC1. The smallest absolute Gasteiger partial charge is 0.00906 e. The fourth-order valence-corrected chi connectivity index (χ4v) is 5.42. The molecule has 0 aromatic rings. The lowest BCUT2D eigenvalue weighted by atomic mass is 9.61. The molecule has 0 aliphatic heterocycles. The normalized spacial score (nSPS) is 34.7. The first-order valence-electron chi connectivity index (χ1n) is 8.36. The van der Waals surface area contributed by atoms with Gasteiger partial charge in [0.25, 0.3) is 0 Å². The van der Waals surface area contributed by atoms with Gasteiger partial charge in [0.05, 0.1) is 0 Å². The van der Waals surface area contributed by atoms with Crippen LogP contribution in [0.25, 0.3) is 0 Å². The van der Waals surface area contributed by atoms with Crippen molar-refractivity contribution in [1.29, 1.82) is 0 Å². The second-order valence-corrected chi connectivity index (χ2v) is 7.48. The molecular formula is C17H31Br. The van der Waals surface area contributed by atoms with Gasteiger partial charge < -0.3 is 0 Å². The average molecular weight is 315 g/mol. The van der Waals surface area contributed by atoms with E-state index in [9.17, 15) is 0 Å². The first kappa shape index (κ1) is 14.9. The van der Waals surface area contributed by atoms with E-state index in [-0.39, 0.29) is 0 Å². The third-order valence-corrected chi connectivity index (χ3v) is 6.92. The molecule has 2 fully saturated rings. The molecule has 0 saturated heterocycles. The van der Waals surface area contributed by atoms with Crippen molar-refractivity contribution in [1.82, 2.24) is 0 Å². The van der Waals surface area contributed by atoms with Crippen LogP contribution in [-0.2, 0) is 0 Å². The number of halogens is 1. The zero-order chi connectivity index (χ0) is 12.8. The fourth-order valence-electron chi connectivity index (χ4n) is 4.40. The monoisotopic (exact) mass is 314 g/mol. The van der Waals surface area contributed by atoms with Gasteiger partial charge in [-0.05, 0) is 55.8 Å². The van der Waals surface area contributed by atoms with Crippen molar-refractivity contribution in [3.05, 3.63) is 0 Å². The molecule has 2 saturated carbocycles. The van der Waals surface area contributed by atoms with Gasteiger partial charge >= 0.3 is 0 Å². The van der Waals surface area contributed by atoms with E-state index in [1.165, 1.54) is 82.4 Å². The Labute approximate surface area is 122 Å². The van der Waals surface area contributed by atoms with E-state index < -0.39 is 0 Å². The van der Waals surface area contributed by atoms with Gasteiger partial charge in [0.15, 0.2) is 0 Å². The topological polar surface area (TPSA) is 0 Å². The lowest BCUT2D eigenvalue weighted by Gasteiger charge is -2.46. The molecule has 0 atom stereocenters. The van der Waals surface area contributed by atoms with Crippen LogP contribution < -0.4 is 0 Å². The summed E-state index contributed by atoms with van der Waals surface area (Å²) in [5.41, 5.74) is 0.684. The van der Waals surface area contributed by atoms with Gasteiger partial charge in [-0.2, -0.15) is 0 Å². The Bertz CT molecular complexity index is 222. The third-order valence-electron chi connectivity index (χ3n) is 5.80. The van der Waals surface area contributed by atoms with Crippen LogP contribution in [0, 0.1) is 17.3 Å². The number of alkyl halides is 1. The second kappa shape index (κ2) is 7.31. The van der Waals surface area contributed by atoms with Crippen molar-refractivity contribution in [3.8, 4) is 0 Å². The van der Waals surface area contributed by atoms with E-state index in [1.54, 1.807) is 0 Å². The van der Waals surface area contributed by atoms with Gasteiger partial charge in [0, 0.05) is 5.33 Å². The zero-order valence-electron chi connectivity index (χ0n) is 12.2. The van der Waals surface area contributed by atoms with Crippen LogP contribution in [0.2, 0.25) is 0 Å². The average Bonchev–Trinajstić information content (AvgIpc) is 2.46. The standard InChI is InChI=1S/C17H31Br/c1-2-3-7-15-10-12-17(14-18,13-11-15)16-8-5-4-6-9-16/h15-16H,2-14H2,1H3. The van der Waals surface area contributed by atoms with E-state index in [1.807, 2.05) is 0 Å². The third kappa shape index (κ3) is 3.52. The summed E-state index contributed by atoms with van der Waals surface area (Å²) in [6.07, 6.45) is 17.9. The Morgan fingerprint density at radius 3 is 2.22 bits per heavy atom. The molecule has 1 heteroatoms. The van der Waals surface area contributed by atoms with Crippen molar-refractivity contribution >= 4 is 15.9 Å². The zero-order valence-corrected chi connectivity index (χ0v) is 13.8. The van der Waals surface area contributed by atoms with Crippen molar-refractivity contribution < 1.29 is 0 Å². The van der Waals surface area contributed by atoms with Crippen LogP contribution in [0.1, 0.15) is 84.0 Å². The molecule has 0 amide bonds. The van der Waals surface area contributed by atoms with Crippen molar-refractivity contribution in [2.75, 3.05) is 5.33 Å². The molecule has 106 valence electrons. The summed E-state index contributed by atoms with van der Waals surface area (Å²) in [6, 6.07) is 0. The molecular weight excluding hydrogens is 284 g/mol. The molecule has 2 aliphatic rings. The number of rotatable bonds is 5. The highest BCUT2D eigenvalue weighted by Crippen LogP contribution is 2.51. The maximum atomic E-state index is 3.88. The molecule has 2 rings (SSSR count). The van der Waals surface area contributed by atoms with Crippen LogP contribution in [0.15, 0.2) is 0 Å². The van der Waals surface area contributed by atoms with E-state index in [0.29, 0.717) is 5.41 Å². The first-order chi connectivity index (χ1) is 8.80. The van der Waals surface area contributed by atoms with Crippen molar-refractivity contribution in [3.63, 3.8) is 0 Å². The highest BCUT2D eigenvalue weighted by Gasteiger charge is 2.40. The fraction of sp³-hybridized carbons (Fsp3) is 1.00. The Kier molecular flexibility index (Phi) is 6.04. The van der Waals surface area contributed by atoms with E-state index in [2.05, 4.69) is 22.9 Å². The Morgan fingerprint density at radius 1 is 1.00 bits per heavy atom. The van der Waals surface area contributed by atoms with Gasteiger partial charge in [-0.25, -0.2) is 0 Å². The minimum Gasteiger partial charge on any atom is -0.0922 e. The molecule has 0 N–H and O–H groups in total. The summed E-state index contributed by atoms with van der Waals surface area (Å²) >= 11 is 3.88. The van der Waals surface area contributed by atoms with Gasteiger partial charge in [-0.15, -0.1) is 0 Å². The largest absolute Gasteiger partial charge is 0.0922 e. The van der Waals surface area contributed by atoms with Gasteiger partial charge in [0.2, 0.25) is 0 Å². The summed E-state index contributed by atoms with van der Waals surface area (Å²) in [6.45, 7) is 2.33. The summed E-state index contributed by atoms with van der Waals surface area (Å²) < 4.78 is 0. The molecule has 0 aromatic carbocycles. The summed E-state index contributed by atoms with van der Waals surface area (Å²) in [5.74, 6) is 2.10. The summed E-state index contributed by atoms with van der Waals surface area (Å²) in [4.78, 5) is 0. The van der Waals surface area contributed by atoms with Crippen LogP contribution in [-0.4, -0.2) is 5.33 Å². The molecule has 0 aromatic heterocycles. The summed E-state index contributed by atoms with van der Waals surface area (Å²) in [7, 11) is 0. The molecule has 2 aliphatic carbocycles.